The predicted molar refractivity (Wildman–Crippen MR) is 89.9 cm³/mol. The van der Waals surface area contributed by atoms with Gasteiger partial charge in [0.05, 0.1) is 6.54 Å². The summed E-state index contributed by atoms with van der Waals surface area (Å²) >= 11 is 8.16. The van der Waals surface area contributed by atoms with Crippen LogP contribution in [0.1, 0.15) is 24.3 Å². The van der Waals surface area contributed by atoms with Crippen LogP contribution in [0.4, 0.5) is 5.69 Å². The Hall–Kier alpha value is -1.03. The molecule has 4 heteroatoms. The van der Waals surface area contributed by atoms with Crippen LogP contribution < -0.4 is 10.2 Å². The Morgan fingerprint density at radius 2 is 2.05 bits per heavy atom. The summed E-state index contributed by atoms with van der Waals surface area (Å²) in [6, 6.07) is 10.8. The van der Waals surface area contributed by atoms with E-state index in [0.717, 1.165) is 18.1 Å². The molecule has 0 saturated heterocycles. The molecule has 0 aliphatic rings. The minimum absolute atomic E-state index is 0.446. The molecule has 2 nitrogen and oxygen atoms in total. The van der Waals surface area contributed by atoms with E-state index in [2.05, 4.69) is 54.7 Å². The molecule has 0 radical (unpaired) electrons. The van der Waals surface area contributed by atoms with Gasteiger partial charge in [-0.1, -0.05) is 37.6 Å². The molecular weight excluding hydrogens is 288 g/mol. The number of hydrogen-bond donors (Lipinski definition) is 1. The maximum atomic E-state index is 6.37. The molecule has 1 heterocycles. The fourth-order valence-corrected chi connectivity index (χ4v) is 3.10. The number of nitrogens with zero attached hydrogens (tertiary/aromatic N) is 1. The summed E-state index contributed by atoms with van der Waals surface area (Å²) in [6.45, 7) is 5.99. The number of benzene rings is 1. The monoisotopic (exact) mass is 308 g/mol. The molecule has 1 aromatic carbocycles. The zero-order valence-electron chi connectivity index (χ0n) is 12.2. The van der Waals surface area contributed by atoms with Gasteiger partial charge >= 0.3 is 0 Å². The van der Waals surface area contributed by atoms with E-state index in [9.17, 15) is 0 Å². The van der Waals surface area contributed by atoms with Gasteiger partial charge in [0.25, 0.3) is 0 Å². The fraction of sp³-hybridized carbons (Fsp3) is 0.375. The summed E-state index contributed by atoms with van der Waals surface area (Å²) in [6.07, 6.45) is 0. The molecule has 0 bridgehead atoms. The first-order valence-corrected chi connectivity index (χ1v) is 8.08. The van der Waals surface area contributed by atoms with Crippen molar-refractivity contribution < 1.29 is 0 Å². The zero-order valence-corrected chi connectivity index (χ0v) is 13.8. The van der Waals surface area contributed by atoms with Gasteiger partial charge in [0.15, 0.2) is 0 Å². The Morgan fingerprint density at radius 1 is 1.25 bits per heavy atom. The third-order valence-electron chi connectivity index (χ3n) is 3.17. The summed E-state index contributed by atoms with van der Waals surface area (Å²) in [5.41, 5.74) is 2.36. The highest BCUT2D eigenvalue weighted by atomic mass is 35.5. The molecular formula is C16H21ClN2S. The Kier molecular flexibility index (Phi) is 5.46. The smallest absolute Gasteiger partial charge is 0.0519 e. The van der Waals surface area contributed by atoms with Gasteiger partial charge in [0.2, 0.25) is 0 Å². The van der Waals surface area contributed by atoms with Gasteiger partial charge in [-0.3, -0.25) is 0 Å². The number of rotatable bonds is 6. The summed E-state index contributed by atoms with van der Waals surface area (Å²) in [4.78, 5) is 3.62. The average Bonchev–Trinajstić information content (AvgIpc) is 2.89. The van der Waals surface area contributed by atoms with Crippen LogP contribution in [0.15, 0.2) is 35.7 Å². The number of halogens is 1. The Bertz CT molecular complexity index is 537. The number of thiophene rings is 1. The van der Waals surface area contributed by atoms with Gasteiger partial charge in [-0.25, -0.2) is 0 Å². The van der Waals surface area contributed by atoms with Crippen molar-refractivity contribution >= 4 is 28.6 Å². The lowest BCUT2D eigenvalue weighted by molar-refractivity contribution is 0.588. The molecule has 0 spiro atoms. The van der Waals surface area contributed by atoms with Crippen molar-refractivity contribution in [2.75, 3.05) is 11.9 Å². The van der Waals surface area contributed by atoms with Crippen molar-refractivity contribution in [2.45, 2.75) is 33.0 Å². The lowest BCUT2D eigenvalue weighted by atomic mass is 10.1. The van der Waals surface area contributed by atoms with Crippen LogP contribution in [0.3, 0.4) is 0 Å². The van der Waals surface area contributed by atoms with E-state index < -0.39 is 0 Å². The highest BCUT2D eigenvalue weighted by molar-refractivity contribution is 7.09. The van der Waals surface area contributed by atoms with E-state index in [1.165, 1.54) is 16.1 Å². The van der Waals surface area contributed by atoms with Gasteiger partial charge in [0.1, 0.15) is 0 Å². The van der Waals surface area contributed by atoms with E-state index in [4.69, 9.17) is 11.6 Å². The summed E-state index contributed by atoms with van der Waals surface area (Å²) < 4.78 is 0. The summed E-state index contributed by atoms with van der Waals surface area (Å²) in [7, 11) is 2.12. The highest BCUT2D eigenvalue weighted by Crippen LogP contribution is 2.28. The molecule has 0 saturated carbocycles. The van der Waals surface area contributed by atoms with Crippen LogP contribution in [-0.2, 0) is 13.1 Å². The molecule has 20 heavy (non-hydrogen) atoms. The van der Waals surface area contributed by atoms with Crippen molar-refractivity contribution in [3.8, 4) is 0 Å². The molecule has 0 atom stereocenters. The third kappa shape index (κ3) is 3.98. The van der Waals surface area contributed by atoms with Gasteiger partial charge in [-0.15, -0.1) is 11.3 Å². The first-order chi connectivity index (χ1) is 9.58. The Morgan fingerprint density at radius 3 is 2.70 bits per heavy atom. The van der Waals surface area contributed by atoms with Gasteiger partial charge in [0, 0.05) is 40.8 Å². The molecule has 2 aromatic rings. The Labute approximate surface area is 130 Å². The van der Waals surface area contributed by atoms with Crippen LogP contribution in [0.25, 0.3) is 0 Å². The first-order valence-electron chi connectivity index (χ1n) is 6.82. The summed E-state index contributed by atoms with van der Waals surface area (Å²) in [5.74, 6) is 0. The van der Waals surface area contributed by atoms with Crippen LogP contribution >= 0.6 is 22.9 Å². The molecule has 108 valence electrons. The molecule has 0 unspecified atom stereocenters. The van der Waals surface area contributed by atoms with E-state index in [1.54, 1.807) is 11.3 Å². The Balaban J connectivity index is 2.19. The largest absolute Gasteiger partial charge is 0.369 e. The molecule has 2 rings (SSSR count). The maximum Gasteiger partial charge on any atom is 0.0519 e. The second-order valence-corrected chi connectivity index (χ2v) is 6.65. The third-order valence-corrected chi connectivity index (χ3v) is 4.38. The standard InChI is InChI=1S/C16H21ClN2S/c1-12(2)18-10-14-15(17)7-4-8-16(14)19(3)11-13-6-5-9-20-13/h4-9,12,18H,10-11H2,1-3H3. The lowest BCUT2D eigenvalue weighted by Gasteiger charge is -2.23. The van der Waals surface area contributed by atoms with Crippen LogP contribution in [-0.4, -0.2) is 13.1 Å². The minimum atomic E-state index is 0.446. The average molecular weight is 309 g/mol. The molecule has 1 aromatic heterocycles. The predicted octanol–water partition coefficient (Wildman–Crippen LogP) is 4.54. The van der Waals surface area contributed by atoms with Crippen molar-refractivity contribution in [1.29, 1.82) is 0 Å². The van der Waals surface area contributed by atoms with Crippen LogP contribution in [0.2, 0.25) is 5.02 Å². The second kappa shape index (κ2) is 7.11. The van der Waals surface area contributed by atoms with Crippen molar-refractivity contribution in [3.05, 3.63) is 51.2 Å². The topological polar surface area (TPSA) is 15.3 Å². The van der Waals surface area contributed by atoms with E-state index in [-0.39, 0.29) is 0 Å². The molecule has 1 N–H and O–H groups in total. The van der Waals surface area contributed by atoms with E-state index in [0.29, 0.717) is 6.04 Å². The van der Waals surface area contributed by atoms with Gasteiger partial charge in [-0.05, 0) is 23.6 Å². The maximum absolute atomic E-state index is 6.37. The second-order valence-electron chi connectivity index (χ2n) is 5.21. The van der Waals surface area contributed by atoms with Gasteiger partial charge in [-0.2, -0.15) is 0 Å². The van der Waals surface area contributed by atoms with Crippen molar-refractivity contribution in [1.82, 2.24) is 5.32 Å². The van der Waals surface area contributed by atoms with E-state index >= 15 is 0 Å². The fourth-order valence-electron chi connectivity index (χ4n) is 2.11. The zero-order chi connectivity index (χ0) is 14.5. The van der Waals surface area contributed by atoms with E-state index in [1.807, 2.05) is 12.1 Å². The number of nitrogens with one attached hydrogen (secondary N) is 1. The molecule has 0 aliphatic heterocycles. The molecule has 0 amide bonds. The quantitative estimate of drug-likeness (QED) is 0.843. The van der Waals surface area contributed by atoms with Crippen LogP contribution in [0.5, 0.6) is 0 Å². The normalized spacial score (nSPS) is 11.1. The molecule has 0 fully saturated rings. The first kappa shape index (κ1) is 15.4. The molecule has 0 aliphatic carbocycles. The van der Waals surface area contributed by atoms with Crippen molar-refractivity contribution in [3.63, 3.8) is 0 Å². The minimum Gasteiger partial charge on any atom is -0.369 e. The number of hydrogen-bond acceptors (Lipinski definition) is 3. The highest BCUT2D eigenvalue weighted by Gasteiger charge is 2.12. The summed E-state index contributed by atoms with van der Waals surface area (Å²) in [5, 5.41) is 6.39. The SMILES string of the molecule is CC(C)NCc1c(Cl)cccc1N(C)Cc1cccs1. The van der Waals surface area contributed by atoms with Crippen molar-refractivity contribution in [2.24, 2.45) is 0 Å². The van der Waals surface area contributed by atoms with Gasteiger partial charge < -0.3 is 10.2 Å². The van der Waals surface area contributed by atoms with Crippen LogP contribution in [0, 0.1) is 0 Å². The lowest BCUT2D eigenvalue weighted by Crippen LogP contribution is -2.24. The number of anilines is 1.